The van der Waals surface area contributed by atoms with E-state index in [1.807, 2.05) is 0 Å². The molecule has 86 valence electrons. The molecule has 0 aliphatic carbocycles. The average molecular weight is 203 g/mol. The SMILES string of the molecule is CCCC(CO)(CO)CN(CC)CC. The Balaban J connectivity index is 4.31. The van der Waals surface area contributed by atoms with Crippen molar-refractivity contribution in [1.29, 1.82) is 0 Å². The van der Waals surface area contributed by atoms with Crippen LogP contribution in [0.25, 0.3) is 0 Å². The van der Waals surface area contributed by atoms with Gasteiger partial charge in [0.1, 0.15) is 0 Å². The molecular formula is C11H25NO2. The molecule has 0 spiro atoms. The minimum absolute atomic E-state index is 0.0772. The van der Waals surface area contributed by atoms with Gasteiger partial charge < -0.3 is 15.1 Å². The van der Waals surface area contributed by atoms with E-state index in [1.54, 1.807) is 0 Å². The van der Waals surface area contributed by atoms with Crippen molar-refractivity contribution in [2.45, 2.75) is 33.6 Å². The molecule has 0 saturated heterocycles. The van der Waals surface area contributed by atoms with Crippen LogP contribution < -0.4 is 0 Å². The largest absolute Gasteiger partial charge is 0.396 e. The van der Waals surface area contributed by atoms with Crippen LogP contribution in [0.15, 0.2) is 0 Å². The number of rotatable bonds is 8. The Morgan fingerprint density at radius 2 is 1.50 bits per heavy atom. The van der Waals surface area contributed by atoms with E-state index >= 15 is 0 Å². The van der Waals surface area contributed by atoms with Crippen molar-refractivity contribution in [2.75, 3.05) is 32.8 Å². The Morgan fingerprint density at radius 1 is 1.00 bits per heavy atom. The molecule has 0 radical (unpaired) electrons. The summed E-state index contributed by atoms with van der Waals surface area (Å²) < 4.78 is 0. The van der Waals surface area contributed by atoms with Crippen LogP contribution in [0.1, 0.15) is 33.6 Å². The summed E-state index contributed by atoms with van der Waals surface area (Å²) in [5.74, 6) is 0. The smallest absolute Gasteiger partial charge is 0.0521 e. The van der Waals surface area contributed by atoms with Crippen LogP contribution in [-0.4, -0.2) is 48.0 Å². The van der Waals surface area contributed by atoms with Crippen LogP contribution in [0.5, 0.6) is 0 Å². The van der Waals surface area contributed by atoms with Gasteiger partial charge in [0.05, 0.1) is 13.2 Å². The molecule has 0 amide bonds. The third-order valence-corrected chi connectivity index (χ3v) is 2.90. The van der Waals surface area contributed by atoms with Gasteiger partial charge in [0.2, 0.25) is 0 Å². The van der Waals surface area contributed by atoms with Crippen molar-refractivity contribution in [3.8, 4) is 0 Å². The Hall–Kier alpha value is -0.120. The molecule has 2 N–H and O–H groups in total. The Kier molecular flexibility index (Phi) is 7.15. The fraction of sp³-hybridized carbons (Fsp3) is 1.00. The molecule has 0 aromatic heterocycles. The summed E-state index contributed by atoms with van der Waals surface area (Å²) >= 11 is 0. The molecule has 0 fully saturated rings. The highest BCUT2D eigenvalue weighted by atomic mass is 16.3. The van der Waals surface area contributed by atoms with Crippen LogP contribution in [0, 0.1) is 5.41 Å². The van der Waals surface area contributed by atoms with Crippen molar-refractivity contribution in [1.82, 2.24) is 4.90 Å². The zero-order valence-electron chi connectivity index (χ0n) is 9.79. The van der Waals surface area contributed by atoms with E-state index in [4.69, 9.17) is 0 Å². The third kappa shape index (κ3) is 3.95. The Morgan fingerprint density at radius 3 is 1.79 bits per heavy atom. The molecule has 0 aliphatic heterocycles. The molecule has 0 aliphatic rings. The van der Waals surface area contributed by atoms with Gasteiger partial charge in [0, 0.05) is 12.0 Å². The molecule has 3 heteroatoms. The van der Waals surface area contributed by atoms with Gasteiger partial charge in [-0.1, -0.05) is 27.2 Å². The summed E-state index contributed by atoms with van der Waals surface area (Å²) in [4.78, 5) is 2.25. The first-order chi connectivity index (χ1) is 6.67. The fourth-order valence-corrected chi connectivity index (χ4v) is 1.84. The first kappa shape index (κ1) is 13.9. The van der Waals surface area contributed by atoms with Crippen molar-refractivity contribution in [2.24, 2.45) is 5.41 Å². The highest BCUT2D eigenvalue weighted by Gasteiger charge is 2.29. The molecule has 0 aromatic rings. The second-order valence-electron chi connectivity index (χ2n) is 4.03. The molecule has 0 atom stereocenters. The molecule has 0 bridgehead atoms. The monoisotopic (exact) mass is 203 g/mol. The van der Waals surface area contributed by atoms with Crippen molar-refractivity contribution >= 4 is 0 Å². The topological polar surface area (TPSA) is 43.7 Å². The van der Waals surface area contributed by atoms with Crippen molar-refractivity contribution in [3.63, 3.8) is 0 Å². The Bertz CT molecular complexity index is 131. The molecule has 0 saturated carbocycles. The maximum absolute atomic E-state index is 9.36. The zero-order chi connectivity index (χ0) is 11.0. The predicted octanol–water partition coefficient (Wildman–Crippen LogP) is 1.10. The summed E-state index contributed by atoms with van der Waals surface area (Å²) in [6.45, 7) is 9.19. The second kappa shape index (κ2) is 7.21. The van der Waals surface area contributed by atoms with E-state index in [2.05, 4.69) is 25.7 Å². The van der Waals surface area contributed by atoms with E-state index in [0.717, 1.165) is 32.5 Å². The number of hydrogen-bond acceptors (Lipinski definition) is 3. The quantitative estimate of drug-likeness (QED) is 0.621. The van der Waals surface area contributed by atoms with E-state index < -0.39 is 0 Å². The predicted molar refractivity (Wildman–Crippen MR) is 59.3 cm³/mol. The average Bonchev–Trinajstić information content (AvgIpc) is 2.24. The maximum atomic E-state index is 9.36. The van der Waals surface area contributed by atoms with Gasteiger partial charge in [-0.15, -0.1) is 0 Å². The minimum Gasteiger partial charge on any atom is -0.396 e. The van der Waals surface area contributed by atoms with Crippen molar-refractivity contribution in [3.05, 3.63) is 0 Å². The summed E-state index contributed by atoms with van der Waals surface area (Å²) in [6, 6.07) is 0. The van der Waals surface area contributed by atoms with E-state index in [1.165, 1.54) is 0 Å². The van der Waals surface area contributed by atoms with Crippen molar-refractivity contribution < 1.29 is 10.2 Å². The molecular weight excluding hydrogens is 178 g/mol. The summed E-state index contributed by atoms with van der Waals surface area (Å²) in [5, 5.41) is 18.7. The highest BCUT2D eigenvalue weighted by Crippen LogP contribution is 2.24. The molecule has 0 heterocycles. The zero-order valence-corrected chi connectivity index (χ0v) is 9.79. The van der Waals surface area contributed by atoms with Crippen LogP contribution in [0.3, 0.4) is 0 Å². The van der Waals surface area contributed by atoms with E-state index in [9.17, 15) is 10.2 Å². The number of aliphatic hydroxyl groups excluding tert-OH is 2. The highest BCUT2D eigenvalue weighted by molar-refractivity contribution is 4.81. The summed E-state index contributed by atoms with van der Waals surface area (Å²) in [5.41, 5.74) is -0.305. The van der Waals surface area contributed by atoms with Gasteiger partial charge in [-0.3, -0.25) is 0 Å². The lowest BCUT2D eigenvalue weighted by Gasteiger charge is -2.34. The van der Waals surface area contributed by atoms with Crippen LogP contribution in [-0.2, 0) is 0 Å². The molecule has 0 rings (SSSR count). The van der Waals surface area contributed by atoms with Gasteiger partial charge in [-0.05, 0) is 19.5 Å². The molecule has 0 aromatic carbocycles. The first-order valence-electron chi connectivity index (χ1n) is 5.62. The lowest BCUT2D eigenvalue weighted by Crippen LogP contribution is -2.42. The standard InChI is InChI=1S/C11H25NO2/c1-4-7-11(9-13,10-14)8-12(5-2)6-3/h13-14H,4-10H2,1-3H3. The van der Waals surface area contributed by atoms with Gasteiger partial charge in [-0.25, -0.2) is 0 Å². The molecule has 3 nitrogen and oxygen atoms in total. The lowest BCUT2D eigenvalue weighted by molar-refractivity contribution is 0.0165. The van der Waals surface area contributed by atoms with Gasteiger partial charge in [-0.2, -0.15) is 0 Å². The molecule has 14 heavy (non-hydrogen) atoms. The normalized spacial score (nSPS) is 12.4. The van der Waals surface area contributed by atoms with Crippen LogP contribution in [0.4, 0.5) is 0 Å². The maximum Gasteiger partial charge on any atom is 0.0521 e. The fourth-order valence-electron chi connectivity index (χ4n) is 1.84. The van der Waals surface area contributed by atoms with Gasteiger partial charge in [0.15, 0.2) is 0 Å². The van der Waals surface area contributed by atoms with E-state index in [-0.39, 0.29) is 18.6 Å². The second-order valence-corrected chi connectivity index (χ2v) is 4.03. The first-order valence-corrected chi connectivity index (χ1v) is 5.62. The third-order valence-electron chi connectivity index (χ3n) is 2.90. The Labute approximate surface area is 87.7 Å². The lowest BCUT2D eigenvalue weighted by atomic mass is 9.84. The van der Waals surface area contributed by atoms with Crippen LogP contribution >= 0.6 is 0 Å². The number of hydrogen-bond donors (Lipinski definition) is 2. The number of aliphatic hydroxyl groups is 2. The van der Waals surface area contributed by atoms with E-state index in [0.29, 0.717) is 0 Å². The summed E-state index contributed by atoms with van der Waals surface area (Å²) in [6.07, 6.45) is 1.89. The van der Waals surface area contributed by atoms with Gasteiger partial charge >= 0.3 is 0 Å². The number of nitrogens with zero attached hydrogens (tertiary/aromatic N) is 1. The van der Waals surface area contributed by atoms with Crippen LogP contribution in [0.2, 0.25) is 0 Å². The minimum atomic E-state index is -0.305. The van der Waals surface area contributed by atoms with Gasteiger partial charge in [0.25, 0.3) is 0 Å². The molecule has 0 unspecified atom stereocenters. The summed E-state index contributed by atoms with van der Waals surface area (Å²) in [7, 11) is 0.